The molecule has 1 aromatic carbocycles. The fourth-order valence-electron chi connectivity index (χ4n) is 1.71. The van der Waals surface area contributed by atoms with Crippen LogP contribution in [0.2, 0.25) is 0 Å². The highest BCUT2D eigenvalue weighted by molar-refractivity contribution is 7.89. The Morgan fingerprint density at radius 1 is 1.19 bits per heavy atom. The SMILES string of the molecule is C#CCNS(=O)(=O)c1ccc(C(=O)OCC(=O)NC(=O)NCC(C)C)cc1. The zero-order valence-electron chi connectivity index (χ0n) is 14.9. The lowest BCUT2D eigenvalue weighted by atomic mass is 10.2. The summed E-state index contributed by atoms with van der Waals surface area (Å²) >= 11 is 0. The number of hydrogen-bond donors (Lipinski definition) is 3. The molecule has 0 atom stereocenters. The Morgan fingerprint density at radius 3 is 2.37 bits per heavy atom. The van der Waals surface area contributed by atoms with Crippen molar-refractivity contribution in [2.45, 2.75) is 18.7 Å². The summed E-state index contributed by atoms with van der Waals surface area (Å²) in [5.41, 5.74) is 0.0444. The zero-order chi connectivity index (χ0) is 20.4. The van der Waals surface area contributed by atoms with E-state index in [9.17, 15) is 22.8 Å². The predicted octanol–water partition coefficient (Wildman–Crippen LogP) is 0.237. The Labute approximate surface area is 157 Å². The lowest BCUT2D eigenvalue weighted by molar-refractivity contribution is -0.123. The maximum Gasteiger partial charge on any atom is 0.338 e. The highest BCUT2D eigenvalue weighted by Crippen LogP contribution is 2.11. The molecule has 1 rings (SSSR count). The minimum absolute atomic E-state index is 0.0444. The van der Waals surface area contributed by atoms with E-state index in [2.05, 4.69) is 16.0 Å². The summed E-state index contributed by atoms with van der Waals surface area (Å²) in [6, 6.07) is 4.20. The summed E-state index contributed by atoms with van der Waals surface area (Å²) < 4.78 is 30.7. The molecule has 0 bridgehead atoms. The number of benzene rings is 1. The number of imide groups is 1. The van der Waals surface area contributed by atoms with Crippen molar-refractivity contribution in [3.63, 3.8) is 0 Å². The number of ether oxygens (including phenoxy) is 1. The lowest BCUT2D eigenvalue weighted by Crippen LogP contribution is -2.42. The third-order valence-corrected chi connectivity index (χ3v) is 4.44. The van der Waals surface area contributed by atoms with Crippen LogP contribution in [0, 0.1) is 18.3 Å². The van der Waals surface area contributed by atoms with Crippen molar-refractivity contribution >= 4 is 27.9 Å². The third-order valence-electron chi connectivity index (χ3n) is 3.02. The van der Waals surface area contributed by atoms with Gasteiger partial charge in [-0.3, -0.25) is 10.1 Å². The first-order valence-corrected chi connectivity index (χ1v) is 9.42. The Morgan fingerprint density at radius 2 is 1.81 bits per heavy atom. The van der Waals surface area contributed by atoms with Crippen LogP contribution in [0.15, 0.2) is 29.2 Å². The average Bonchev–Trinajstić information content (AvgIpc) is 2.63. The smallest absolute Gasteiger partial charge is 0.338 e. The average molecular weight is 395 g/mol. The van der Waals surface area contributed by atoms with Crippen molar-refractivity contribution in [2.75, 3.05) is 19.7 Å². The summed E-state index contributed by atoms with van der Waals surface area (Å²) in [5, 5.41) is 4.50. The monoisotopic (exact) mass is 395 g/mol. The van der Waals surface area contributed by atoms with Crippen LogP contribution in [-0.2, 0) is 19.6 Å². The van der Waals surface area contributed by atoms with Gasteiger partial charge < -0.3 is 10.1 Å². The third kappa shape index (κ3) is 7.89. The van der Waals surface area contributed by atoms with E-state index in [0.717, 1.165) is 0 Å². The van der Waals surface area contributed by atoms with Crippen molar-refractivity contribution in [1.82, 2.24) is 15.4 Å². The van der Waals surface area contributed by atoms with Gasteiger partial charge in [0.15, 0.2) is 6.61 Å². The molecule has 0 spiro atoms. The van der Waals surface area contributed by atoms with Crippen LogP contribution in [0.5, 0.6) is 0 Å². The maximum atomic E-state index is 11.9. The summed E-state index contributed by atoms with van der Waals surface area (Å²) in [6.07, 6.45) is 5.00. The van der Waals surface area contributed by atoms with E-state index in [0.29, 0.717) is 6.54 Å². The van der Waals surface area contributed by atoms with Crippen LogP contribution >= 0.6 is 0 Å². The van der Waals surface area contributed by atoms with Gasteiger partial charge in [-0.2, -0.15) is 4.72 Å². The van der Waals surface area contributed by atoms with E-state index in [1.54, 1.807) is 0 Å². The lowest BCUT2D eigenvalue weighted by Gasteiger charge is -2.09. The highest BCUT2D eigenvalue weighted by Gasteiger charge is 2.16. The molecule has 0 radical (unpaired) electrons. The number of urea groups is 1. The highest BCUT2D eigenvalue weighted by atomic mass is 32.2. The molecule has 0 fully saturated rings. The molecule has 0 saturated heterocycles. The van der Waals surface area contributed by atoms with Gasteiger partial charge in [-0.15, -0.1) is 6.42 Å². The van der Waals surface area contributed by atoms with Crippen LogP contribution in [0.4, 0.5) is 4.79 Å². The summed E-state index contributed by atoms with van der Waals surface area (Å²) in [4.78, 5) is 34.8. The van der Waals surface area contributed by atoms with Crippen molar-refractivity contribution in [1.29, 1.82) is 0 Å². The number of nitrogens with one attached hydrogen (secondary N) is 3. The Balaban J connectivity index is 2.55. The molecule has 1 aromatic rings. The van der Waals surface area contributed by atoms with Gasteiger partial charge in [0, 0.05) is 6.54 Å². The molecule has 0 unspecified atom stereocenters. The fraction of sp³-hybridized carbons (Fsp3) is 0.353. The summed E-state index contributed by atoms with van der Waals surface area (Å²) in [5.74, 6) is 0.737. The molecule has 9 nitrogen and oxygen atoms in total. The fourth-order valence-corrected chi connectivity index (χ4v) is 2.64. The van der Waals surface area contributed by atoms with E-state index < -0.39 is 34.5 Å². The van der Waals surface area contributed by atoms with Gasteiger partial charge in [0.05, 0.1) is 17.0 Å². The van der Waals surface area contributed by atoms with Gasteiger partial charge in [-0.05, 0) is 30.2 Å². The van der Waals surface area contributed by atoms with Crippen molar-refractivity contribution < 1.29 is 27.5 Å². The Hall–Kier alpha value is -2.90. The standard InChI is InChI=1S/C17H21N3O6S/c1-4-9-19-27(24,25)14-7-5-13(6-8-14)16(22)26-11-15(21)20-17(23)18-10-12(2)3/h1,5-8,12,19H,9-11H2,2-3H3,(H2,18,20,21,23). The molecule has 0 aliphatic carbocycles. The van der Waals surface area contributed by atoms with Crippen molar-refractivity contribution in [3.8, 4) is 12.3 Å². The first kappa shape index (κ1) is 22.1. The number of carbonyl (C=O) groups excluding carboxylic acids is 3. The van der Waals surface area contributed by atoms with E-state index in [1.807, 2.05) is 19.2 Å². The van der Waals surface area contributed by atoms with E-state index in [-0.39, 0.29) is 22.9 Å². The number of carbonyl (C=O) groups is 3. The number of sulfonamides is 1. The molecule has 27 heavy (non-hydrogen) atoms. The van der Waals surface area contributed by atoms with Crippen LogP contribution in [-0.4, -0.2) is 46.0 Å². The topological polar surface area (TPSA) is 131 Å². The van der Waals surface area contributed by atoms with Gasteiger partial charge in [0.25, 0.3) is 5.91 Å². The predicted molar refractivity (Wildman–Crippen MR) is 97.1 cm³/mol. The second-order valence-electron chi connectivity index (χ2n) is 5.78. The van der Waals surface area contributed by atoms with Crippen molar-refractivity contribution in [2.24, 2.45) is 5.92 Å². The van der Waals surface area contributed by atoms with Gasteiger partial charge >= 0.3 is 12.0 Å². The Bertz CT molecular complexity index is 825. The van der Waals surface area contributed by atoms with Crippen LogP contribution < -0.4 is 15.4 Å². The van der Waals surface area contributed by atoms with Crippen LogP contribution in [0.3, 0.4) is 0 Å². The van der Waals surface area contributed by atoms with E-state index in [4.69, 9.17) is 11.2 Å². The molecular weight excluding hydrogens is 374 g/mol. The zero-order valence-corrected chi connectivity index (χ0v) is 15.8. The largest absolute Gasteiger partial charge is 0.452 e. The van der Waals surface area contributed by atoms with E-state index >= 15 is 0 Å². The summed E-state index contributed by atoms with van der Waals surface area (Å²) in [7, 11) is -3.77. The van der Waals surface area contributed by atoms with Crippen molar-refractivity contribution in [3.05, 3.63) is 29.8 Å². The van der Waals surface area contributed by atoms with Crippen LogP contribution in [0.1, 0.15) is 24.2 Å². The first-order chi connectivity index (χ1) is 12.7. The first-order valence-electron chi connectivity index (χ1n) is 7.93. The van der Waals surface area contributed by atoms with E-state index in [1.165, 1.54) is 24.3 Å². The molecule has 146 valence electrons. The minimum Gasteiger partial charge on any atom is -0.452 e. The molecule has 0 aliphatic rings. The number of hydrogen-bond acceptors (Lipinski definition) is 6. The number of amides is 3. The molecule has 0 heterocycles. The molecule has 3 amide bonds. The minimum atomic E-state index is -3.77. The number of esters is 1. The normalized spacial score (nSPS) is 10.7. The molecule has 0 aromatic heterocycles. The van der Waals surface area contributed by atoms with Gasteiger partial charge in [0.1, 0.15) is 0 Å². The van der Waals surface area contributed by atoms with Gasteiger partial charge in [0.2, 0.25) is 10.0 Å². The number of rotatable bonds is 8. The molecule has 0 aliphatic heterocycles. The van der Waals surface area contributed by atoms with Crippen LogP contribution in [0.25, 0.3) is 0 Å². The Kier molecular flexibility index (Phi) is 8.44. The molecular formula is C17H21N3O6S. The number of terminal acetylenes is 1. The van der Waals surface area contributed by atoms with Gasteiger partial charge in [-0.1, -0.05) is 19.8 Å². The molecule has 0 saturated carbocycles. The summed E-state index contributed by atoms with van der Waals surface area (Å²) in [6.45, 7) is 3.37. The maximum absolute atomic E-state index is 11.9. The molecule has 3 N–H and O–H groups in total. The van der Waals surface area contributed by atoms with Gasteiger partial charge in [-0.25, -0.2) is 18.0 Å². The second-order valence-corrected chi connectivity index (χ2v) is 7.55. The molecule has 10 heteroatoms. The second kappa shape index (κ2) is 10.3. The quantitative estimate of drug-likeness (QED) is 0.427.